The van der Waals surface area contributed by atoms with Crippen molar-refractivity contribution in [1.29, 1.82) is 0 Å². The van der Waals surface area contributed by atoms with Gasteiger partial charge in [0.15, 0.2) is 0 Å². The number of hydrogen-bond donors (Lipinski definition) is 0. The summed E-state index contributed by atoms with van der Waals surface area (Å²) in [5.74, 6) is -0.343. The Morgan fingerprint density at radius 1 is 1.25 bits per heavy atom. The van der Waals surface area contributed by atoms with E-state index in [1.807, 2.05) is 0 Å². The minimum atomic E-state index is -0.466. The SMILES string of the molecule is O=[N+]([O-])c1ccc(CO/N=C\c2cccc(F)c2)cc1. The number of non-ortho nitro benzene ring substituents is 1. The second-order valence-electron chi connectivity index (χ2n) is 3.99. The molecule has 0 saturated heterocycles. The van der Waals surface area contributed by atoms with Crippen LogP contribution in [0.15, 0.2) is 53.7 Å². The molecule has 2 aromatic rings. The van der Waals surface area contributed by atoms with Gasteiger partial charge in [-0.2, -0.15) is 0 Å². The highest BCUT2D eigenvalue weighted by Gasteiger charge is 2.03. The molecule has 0 bridgehead atoms. The molecule has 0 aliphatic carbocycles. The van der Waals surface area contributed by atoms with Crippen molar-refractivity contribution in [2.45, 2.75) is 6.61 Å². The first kappa shape index (κ1) is 13.7. The monoisotopic (exact) mass is 274 g/mol. The Hall–Kier alpha value is -2.76. The van der Waals surface area contributed by atoms with Gasteiger partial charge in [0.25, 0.3) is 5.69 Å². The molecule has 0 N–H and O–H groups in total. The van der Waals surface area contributed by atoms with Crippen LogP contribution in [0.4, 0.5) is 10.1 Å². The predicted octanol–water partition coefficient (Wildman–Crippen LogP) is 3.28. The van der Waals surface area contributed by atoms with E-state index in [0.717, 1.165) is 5.56 Å². The van der Waals surface area contributed by atoms with Crippen molar-refractivity contribution in [3.63, 3.8) is 0 Å². The van der Waals surface area contributed by atoms with Gasteiger partial charge in [-0.1, -0.05) is 17.3 Å². The first-order chi connectivity index (χ1) is 9.65. The molecule has 0 amide bonds. The van der Waals surface area contributed by atoms with E-state index >= 15 is 0 Å². The Morgan fingerprint density at radius 2 is 2.00 bits per heavy atom. The van der Waals surface area contributed by atoms with Crippen LogP contribution in [-0.2, 0) is 11.4 Å². The fraction of sp³-hybridized carbons (Fsp3) is 0.0714. The summed E-state index contributed by atoms with van der Waals surface area (Å²) in [5.41, 5.74) is 1.37. The van der Waals surface area contributed by atoms with Crippen LogP contribution in [0.1, 0.15) is 11.1 Å². The van der Waals surface area contributed by atoms with Crippen molar-refractivity contribution in [3.8, 4) is 0 Å². The van der Waals surface area contributed by atoms with Crippen molar-refractivity contribution < 1.29 is 14.2 Å². The zero-order valence-electron chi connectivity index (χ0n) is 10.4. The van der Waals surface area contributed by atoms with Gasteiger partial charge in [0.2, 0.25) is 0 Å². The van der Waals surface area contributed by atoms with E-state index in [1.54, 1.807) is 24.3 Å². The van der Waals surface area contributed by atoms with Crippen LogP contribution in [0.2, 0.25) is 0 Å². The molecule has 0 aromatic heterocycles. The topological polar surface area (TPSA) is 64.7 Å². The van der Waals surface area contributed by atoms with Gasteiger partial charge in [-0.25, -0.2) is 4.39 Å². The maximum Gasteiger partial charge on any atom is 0.269 e. The molecule has 0 atom stereocenters. The van der Waals surface area contributed by atoms with Gasteiger partial charge in [-0.3, -0.25) is 10.1 Å². The lowest BCUT2D eigenvalue weighted by atomic mass is 10.2. The Kier molecular flexibility index (Phi) is 4.39. The molecule has 0 aliphatic rings. The molecule has 2 aromatic carbocycles. The average molecular weight is 274 g/mol. The summed E-state index contributed by atoms with van der Waals surface area (Å²) in [7, 11) is 0. The third-order valence-corrected chi connectivity index (χ3v) is 2.50. The minimum absolute atomic E-state index is 0.0250. The highest BCUT2D eigenvalue weighted by atomic mass is 19.1. The molecule has 0 radical (unpaired) electrons. The van der Waals surface area contributed by atoms with E-state index in [-0.39, 0.29) is 18.1 Å². The largest absolute Gasteiger partial charge is 0.391 e. The number of nitro groups is 1. The molecule has 0 spiro atoms. The highest BCUT2D eigenvalue weighted by molar-refractivity contribution is 5.78. The molecule has 0 fully saturated rings. The van der Waals surface area contributed by atoms with Crippen molar-refractivity contribution in [1.82, 2.24) is 0 Å². The van der Waals surface area contributed by atoms with Crippen LogP contribution in [0, 0.1) is 15.9 Å². The second kappa shape index (κ2) is 6.42. The first-order valence-electron chi connectivity index (χ1n) is 5.79. The van der Waals surface area contributed by atoms with Gasteiger partial charge in [-0.15, -0.1) is 0 Å². The quantitative estimate of drug-likeness (QED) is 0.477. The van der Waals surface area contributed by atoms with Crippen molar-refractivity contribution >= 4 is 11.9 Å². The van der Waals surface area contributed by atoms with E-state index in [4.69, 9.17) is 4.84 Å². The number of benzene rings is 2. The molecular weight excluding hydrogens is 263 g/mol. The zero-order chi connectivity index (χ0) is 14.4. The molecule has 102 valence electrons. The number of halogens is 1. The fourth-order valence-corrected chi connectivity index (χ4v) is 1.51. The summed E-state index contributed by atoms with van der Waals surface area (Å²) in [6.45, 7) is 0.184. The van der Waals surface area contributed by atoms with Crippen LogP contribution in [0.5, 0.6) is 0 Å². The molecule has 2 rings (SSSR count). The Labute approximate surface area is 114 Å². The third-order valence-electron chi connectivity index (χ3n) is 2.50. The lowest BCUT2D eigenvalue weighted by Crippen LogP contribution is -1.91. The molecule has 0 aliphatic heterocycles. The standard InChI is InChI=1S/C14H11FN2O3/c15-13-3-1-2-12(8-13)9-16-20-10-11-4-6-14(7-5-11)17(18)19/h1-9H,10H2/b16-9-. The van der Waals surface area contributed by atoms with Crippen molar-refractivity contribution in [2.75, 3.05) is 0 Å². The number of oxime groups is 1. The van der Waals surface area contributed by atoms with E-state index < -0.39 is 4.92 Å². The third kappa shape index (κ3) is 3.88. The molecule has 0 heterocycles. The normalized spacial score (nSPS) is 10.7. The van der Waals surface area contributed by atoms with Crippen LogP contribution in [0.25, 0.3) is 0 Å². The summed E-state index contributed by atoms with van der Waals surface area (Å²) in [6.07, 6.45) is 1.40. The van der Waals surface area contributed by atoms with Crippen molar-refractivity contribution in [2.24, 2.45) is 5.16 Å². The number of hydrogen-bond acceptors (Lipinski definition) is 4. The lowest BCUT2D eigenvalue weighted by molar-refractivity contribution is -0.384. The summed E-state index contributed by atoms with van der Waals surface area (Å²) in [6, 6.07) is 11.9. The second-order valence-corrected chi connectivity index (χ2v) is 3.99. The number of rotatable bonds is 5. The van der Waals surface area contributed by atoms with Gasteiger partial charge < -0.3 is 4.84 Å². The average Bonchev–Trinajstić information content (AvgIpc) is 2.44. The Morgan fingerprint density at radius 3 is 2.65 bits per heavy atom. The van der Waals surface area contributed by atoms with Gasteiger partial charge in [0.05, 0.1) is 11.1 Å². The predicted molar refractivity (Wildman–Crippen MR) is 71.9 cm³/mol. The summed E-state index contributed by atoms with van der Waals surface area (Å²) in [4.78, 5) is 15.1. The number of nitrogens with zero attached hydrogens (tertiary/aromatic N) is 2. The van der Waals surface area contributed by atoms with E-state index in [1.165, 1.54) is 30.5 Å². The maximum absolute atomic E-state index is 12.9. The minimum Gasteiger partial charge on any atom is -0.391 e. The van der Waals surface area contributed by atoms with Crippen LogP contribution >= 0.6 is 0 Å². The number of nitro benzene ring substituents is 1. The van der Waals surface area contributed by atoms with Gasteiger partial charge >= 0.3 is 0 Å². The first-order valence-corrected chi connectivity index (χ1v) is 5.79. The smallest absolute Gasteiger partial charge is 0.269 e. The van der Waals surface area contributed by atoms with E-state index in [9.17, 15) is 14.5 Å². The van der Waals surface area contributed by atoms with Gasteiger partial charge in [0, 0.05) is 12.1 Å². The lowest BCUT2D eigenvalue weighted by Gasteiger charge is -1.99. The van der Waals surface area contributed by atoms with Crippen LogP contribution in [0.3, 0.4) is 0 Å². The molecule has 6 heteroatoms. The van der Waals surface area contributed by atoms with Gasteiger partial charge in [-0.05, 0) is 35.4 Å². The molecule has 0 saturated carbocycles. The van der Waals surface area contributed by atoms with Crippen LogP contribution in [-0.4, -0.2) is 11.1 Å². The molecule has 20 heavy (non-hydrogen) atoms. The van der Waals surface area contributed by atoms with Crippen LogP contribution < -0.4 is 0 Å². The molecule has 0 unspecified atom stereocenters. The Balaban J connectivity index is 1.88. The highest BCUT2D eigenvalue weighted by Crippen LogP contribution is 2.12. The van der Waals surface area contributed by atoms with Gasteiger partial charge in [0.1, 0.15) is 12.4 Å². The van der Waals surface area contributed by atoms with E-state index in [0.29, 0.717) is 5.56 Å². The zero-order valence-corrected chi connectivity index (χ0v) is 10.4. The molecule has 5 nitrogen and oxygen atoms in total. The molecular formula is C14H11FN2O3. The maximum atomic E-state index is 12.9. The fourth-order valence-electron chi connectivity index (χ4n) is 1.51. The summed E-state index contributed by atoms with van der Waals surface area (Å²) in [5, 5.41) is 14.2. The summed E-state index contributed by atoms with van der Waals surface area (Å²) < 4.78 is 12.9. The van der Waals surface area contributed by atoms with E-state index in [2.05, 4.69) is 5.16 Å². The Bertz CT molecular complexity index is 627. The summed E-state index contributed by atoms with van der Waals surface area (Å²) >= 11 is 0. The van der Waals surface area contributed by atoms with Crippen molar-refractivity contribution in [3.05, 3.63) is 75.6 Å².